The average Bonchev–Trinajstić information content (AvgIpc) is 3.00. The second-order valence-corrected chi connectivity index (χ2v) is 5.40. The molecule has 0 bridgehead atoms. The fraction of sp³-hybridized carbons (Fsp3) is 0.0833. The number of hydrogen-bond donors (Lipinski definition) is 1. The maximum Gasteiger partial charge on any atom is 0.313 e. The van der Waals surface area contributed by atoms with E-state index in [0.717, 1.165) is 0 Å². The Labute approximate surface area is 127 Å². The Balaban J connectivity index is 2.06. The first-order chi connectivity index (χ1) is 10.1. The molecule has 2 aromatic heterocycles. The molecule has 108 valence electrons. The summed E-state index contributed by atoms with van der Waals surface area (Å²) in [5, 5.41) is 13.2. The Morgan fingerprint density at radius 2 is 2.33 bits per heavy atom. The Bertz CT molecular complexity index is 829. The van der Waals surface area contributed by atoms with Crippen molar-refractivity contribution in [3.05, 3.63) is 50.6 Å². The van der Waals surface area contributed by atoms with Gasteiger partial charge in [-0.25, -0.2) is 0 Å². The number of nitro benzene ring substituents is 1. The highest BCUT2D eigenvalue weighted by atomic mass is 35.5. The van der Waals surface area contributed by atoms with Crippen molar-refractivity contribution in [2.75, 3.05) is 0 Å². The van der Waals surface area contributed by atoms with Gasteiger partial charge in [0.15, 0.2) is 4.96 Å². The van der Waals surface area contributed by atoms with Crippen molar-refractivity contribution in [1.29, 1.82) is 0 Å². The second kappa shape index (κ2) is 5.32. The van der Waals surface area contributed by atoms with Crippen LogP contribution in [0.25, 0.3) is 4.96 Å². The molecule has 0 saturated heterocycles. The number of fused-ring (bicyclic) bond motifs is 1. The molecular formula is C12H9ClN4O3S. The molecule has 0 aliphatic heterocycles. The first-order valence-corrected chi connectivity index (χ1v) is 7.12. The maximum absolute atomic E-state index is 11.1. The number of rotatable bonds is 4. The van der Waals surface area contributed by atoms with E-state index in [1.54, 1.807) is 4.40 Å². The summed E-state index contributed by atoms with van der Waals surface area (Å²) in [6, 6.07) is 4.19. The topological polar surface area (TPSA) is 95.7 Å². The fourth-order valence-electron chi connectivity index (χ4n) is 1.90. The predicted octanol–water partition coefficient (Wildman–Crippen LogP) is 3.21. The van der Waals surface area contributed by atoms with Gasteiger partial charge in [0.2, 0.25) is 11.6 Å². The van der Waals surface area contributed by atoms with Crippen LogP contribution in [0.15, 0.2) is 29.8 Å². The van der Waals surface area contributed by atoms with Crippen molar-refractivity contribution < 1.29 is 9.66 Å². The molecule has 3 rings (SSSR count). The molecule has 1 aromatic carbocycles. The van der Waals surface area contributed by atoms with E-state index < -0.39 is 4.92 Å². The Morgan fingerprint density at radius 1 is 1.52 bits per heavy atom. The minimum Gasteiger partial charge on any atom is -0.430 e. The van der Waals surface area contributed by atoms with E-state index in [-0.39, 0.29) is 28.9 Å². The van der Waals surface area contributed by atoms with Gasteiger partial charge in [0.25, 0.3) is 0 Å². The maximum atomic E-state index is 11.1. The Kier molecular flexibility index (Phi) is 3.50. The molecule has 21 heavy (non-hydrogen) atoms. The van der Waals surface area contributed by atoms with E-state index in [1.807, 2.05) is 11.6 Å². The van der Waals surface area contributed by atoms with Crippen LogP contribution < -0.4 is 10.5 Å². The summed E-state index contributed by atoms with van der Waals surface area (Å²) in [5.41, 5.74) is 6.13. The van der Waals surface area contributed by atoms with Gasteiger partial charge < -0.3 is 10.5 Å². The van der Waals surface area contributed by atoms with Crippen LogP contribution in [0.4, 0.5) is 5.69 Å². The van der Waals surface area contributed by atoms with E-state index in [4.69, 9.17) is 22.1 Å². The van der Waals surface area contributed by atoms with Gasteiger partial charge in [0, 0.05) is 29.2 Å². The number of imidazole rings is 1. The number of thiazole rings is 1. The lowest BCUT2D eigenvalue weighted by atomic mass is 10.3. The average molecular weight is 325 g/mol. The molecule has 2 heterocycles. The molecule has 0 radical (unpaired) electrons. The van der Waals surface area contributed by atoms with Gasteiger partial charge in [-0.2, -0.15) is 4.98 Å². The number of nitrogens with zero attached hydrogens (tertiary/aromatic N) is 3. The molecule has 0 unspecified atom stereocenters. The van der Waals surface area contributed by atoms with Crippen LogP contribution in [0, 0.1) is 10.1 Å². The zero-order valence-corrected chi connectivity index (χ0v) is 12.1. The van der Waals surface area contributed by atoms with Crippen molar-refractivity contribution in [2.45, 2.75) is 6.54 Å². The first-order valence-electron chi connectivity index (χ1n) is 5.86. The zero-order valence-electron chi connectivity index (χ0n) is 10.5. The largest absolute Gasteiger partial charge is 0.430 e. The molecule has 0 atom stereocenters. The third-order valence-corrected chi connectivity index (χ3v) is 3.83. The quantitative estimate of drug-likeness (QED) is 0.587. The molecule has 3 aromatic rings. The summed E-state index contributed by atoms with van der Waals surface area (Å²) in [6.45, 7) is 0.203. The number of nitro groups is 1. The summed E-state index contributed by atoms with van der Waals surface area (Å²) in [4.78, 5) is 15.5. The van der Waals surface area contributed by atoms with Crippen LogP contribution in [0.3, 0.4) is 0 Å². The molecule has 7 nitrogen and oxygen atoms in total. The molecule has 0 spiro atoms. The minimum atomic E-state index is -0.554. The smallest absolute Gasteiger partial charge is 0.313 e. The van der Waals surface area contributed by atoms with Gasteiger partial charge in [-0.1, -0.05) is 11.6 Å². The monoisotopic (exact) mass is 324 g/mol. The predicted molar refractivity (Wildman–Crippen MR) is 79.1 cm³/mol. The van der Waals surface area contributed by atoms with Gasteiger partial charge >= 0.3 is 5.69 Å². The number of halogens is 1. The number of benzene rings is 1. The number of nitrogens with two attached hydrogens (primary N) is 1. The van der Waals surface area contributed by atoms with Crippen LogP contribution in [0.5, 0.6) is 11.6 Å². The van der Waals surface area contributed by atoms with Crippen LogP contribution in [-0.4, -0.2) is 14.3 Å². The van der Waals surface area contributed by atoms with Gasteiger partial charge in [-0.3, -0.25) is 14.5 Å². The molecule has 2 N–H and O–H groups in total. The van der Waals surface area contributed by atoms with Crippen molar-refractivity contribution in [2.24, 2.45) is 5.73 Å². The van der Waals surface area contributed by atoms with Crippen molar-refractivity contribution in [3.8, 4) is 11.6 Å². The molecular weight excluding hydrogens is 316 g/mol. The number of ether oxygens (including phenoxy) is 1. The van der Waals surface area contributed by atoms with Crippen molar-refractivity contribution in [1.82, 2.24) is 9.38 Å². The molecule has 0 aliphatic rings. The summed E-state index contributed by atoms with van der Waals surface area (Å²) in [7, 11) is 0. The van der Waals surface area contributed by atoms with Crippen LogP contribution in [-0.2, 0) is 6.54 Å². The highest BCUT2D eigenvalue weighted by Crippen LogP contribution is 2.35. The SMILES string of the molecule is NCc1c(Oc2ccc(Cl)cc2[N+](=O)[O-])nc2sccn12. The highest BCUT2D eigenvalue weighted by Gasteiger charge is 2.20. The molecule has 0 fully saturated rings. The first kappa shape index (κ1) is 13.8. The molecule has 0 saturated carbocycles. The van der Waals surface area contributed by atoms with Crippen molar-refractivity contribution in [3.63, 3.8) is 0 Å². The normalized spacial score (nSPS) is 11.0. The highest BCUT2D eigenvalue weighted by molar-refractivity contribution is 7.15. The molecule has 0 aliphatic carbocycles. The second-order valence-electron chi connectivity index (χ2n) is 4.09. The van der Waals surface area contributed by atoms with E-state index >= 15 is 0 Å². The van der Waals surface area contributed by atoms with Gasteiger partial charge in [-0.15, -0.1) is 11.3 Å². The van der Waals surface area contributed by atoms with E-state index in [2.05, 4.69) is 4.98 Å². The van der Waals surface area contributed by atoms with Gasteiger partial charge in [0.1, 0.15) is 5.69 Å². The standard InChI is InChI=1S/C12H9ClN4O3S/c13-7-1-2-10(8(5-7)17(18)19)20-11-9(6-14)16-3-4-21-12(16)15-11/h1-5H,6,14H2. The Hall–Kier alpha value is -2.16. The molecule has 0 amide bonds. The fourth-order valence-corrected chi connectivity index (χ4v) is 2.79. The lowest BCUT2D eigenvalue weighted by Crippen LogP contribution is -2.02. The third-order valence-electron chi connectivity index (χ3n) is 2.84. The van der Waals surface area contributed by atoms with E-state index in [1.165, 1.54) is 29.5 Å². The van der Waals surface area contributed by atoms with E-state index in [9.17, 15) is 10.1 Å². The summed E-state index contributed by atoms with van der Waals surface area (Å²) < 4.78 is 7.38. The third kappa shape index (κ3) is 2.44. The van der Waals surface area contributed by atoms with Gasteiger partial charge in [0.05, 0.1) is 4.92 Å². The Morgan fingerprint density at radius 3 is 3.05 bits per heavy atom. The summed E-state index contributed by atoms with van der Waals surface area (Å²) in [5.74, 6) is 0.333. The van der Waals surface area contributed by atoms with Crippen molar-refractivity contribution >= 4 is 33.6 Å². The lowest BCUT2D eigenvalue weighted by Gasteiger charge is -2.05. The number of hydrogen-bond acceptors (Lipinski definition) is 6. The molecule has 9 heteroatoms. The number of aromatic nitrogens is 2. The van der Waals surface area contributed by atoms with Crippen LogP contribution in [0.2, 0.25) is 5.02 Å². The minimum absolute atomic E-state index is 0.0739. The lowest BCUT2D eigenvalue weighted by molar-refractivity contribution is -0.385. The summed E-state index contributed by atoms with van der Waals surface area (Å²) >= 11 is 7.19. The van der Waals surface area contributed by atoms with Crippen LogP contribution >= 0.6 is 22.9 Å². The zero-order chi connectivity index (χ0) is 15.0. The van der Waals surface area contributed by atoms with E-state index in [0.29, 0.717) is 10.7 Å². The van der Waals surface area contributed by atoms with Gasteiger partial charge in [-0.05, 0) is 12.1 Å². The summed E-state index contributed by atoms with van der Waals surface area (Å²) in [6.07, 6.45) is 1.82. The van der Waals surface area contributed by atoms with Crippen LogP contribution in [0.1, 0.15) is 5.69 Å².